The molecule has 0 bridgehead atoms. The predicted octanol–water partition coefficient (Wildman–Crippen LogP) is 2.79. The van der Waals surface area contributed by atoms with Gasteiger partial charge < -0.3 is 9.73 Å². The minimum atomic E-state index is -0.541. The summed E-state index contributed by atoms with van der Waals surface area (Å²) in [5.74, 6) is -0.965. The van der Waals surface area contributed by atoms with Crippen LogP contribution in [0.1, 0.15) is 10.4 Å². The van der Waals surface area contributed by atoms with Crippen LogP contribution >= 0.6 is 15.9 Å². The van der Waals surface area contributed by atoms with E-state index < -0.39 is 17.3 Å². The van der Waals surface area contributed by atoms with Crippen molar-refractivity contribution in [2.45, 2.75) is 0 Å². The Morgan fingerprint density at radius 1 is 1.28 bits per heavy atom. The van der Waals surface area contributed by atoms with Gasteiger partial charge in [0.1, 0.15) is 12.1 Å². The van der Waals surface area contributed by atoms with Crippen molar-refractivity contribution in [1.82, 2.24) is 0 Å². The van der Waals surface area contributed by atoms with Gasteiger partial charge in [-0.15, -0.1) is 0 Å². The van der Waals surface area contributed by atoms with Crippen molar-refractivity contribution in [3.8, 4) is 0 Å². The molecule has 2 aromatic rings. The lowest BCUT2D eigenvalue weighted by atomic mass is 10.2. The van der Waals surface area contributed by atoms with Gasteiger partial charge in [0.15, 0.2) is 0 Å². The van der Waals surface area contributed by atoms with Gasteiger partial charge >= 0.3 is 5.63 Å². The molecule has 6 heteroatoms. The number of carbonyl (C=O) groups is 1. The number of rotatable bonds is 2. The normalized spacial score (nSPS) is 10.1. The molecule has 1 heterocycles. The molecule has 0 fully saturated rings. The van der Waals surface area contributed by atoms with Gasteiger partial charge in [-0.2, -0.15) is 0 Å². The maximum absolute atomic E-state index is 13.2. The summed E-state index contributed by atoms with van der Waals surface area (Å²) in [5.41, 5.74) is -0.0499. The van der Waals surface area contributed by atoms with Crippen molar-refractivity contribution < 1.29 is 13.6 Å². The lowest BCUT2D eigenvalue weighted by Gasteiger charge is -2.05. The second-order valence-electron chi connectivity index (χ2n) is 3.43. The summed E-state index contributed by atoms with van der Waals surface area (Å²) < 4.78 is 18.1. The highest BCUT2D eigenvalue weighted by molar-refractivity contribution is 9.10. The van der Waals surface area contributed by atoms with Crippen LogP contribution in [0.5, 0.6) is 0 Å². The zero-order chi connectivity index (χ0) is 13.1. The third-order valence-corrected chi connectivity index (χ3v) is 2.78. The molecule has 1 amide bonds. The minimum absolute atomic E-state index is 0.179. The van der Waals surface area contributed by atoms with E-state index in [2.05, 4.69) is 25.7 Å². The van der Waals surface area contributed by atoms with Crippen LogP contribution < -0.4 is 10.9 Å². The third kappa shape index (κ3) is 2.84. The van der Waals surface area contributed by atoms with E-state index in [9.17, 15) is 14.0 Å². The second-order valence-corrected chi connectivity index (χ2v) is 4.28. The predicted molar refractivity (Wildman–Crippen MR) is 67.0 cm³/mol. The molecule has 0 aliphatic carbocycles. The van der Waals surface area contributed by atoms with E-state index in [1.165, 1.54) is 18.2 Å². The molecule has 92 valence electrons. The molecule has 4 nitrogen and oxygen atoms in total. The van der Waals surface area contributed by atoms with Crippen LogP contribution in [0.3, 0.4) is 0 Å². The first-order valence-electron chi connectivity index (χ1n) is 4.91. The van der Waals surface area contributed by atoms with E-state index >= 15 is 0 Å². The number of benzene rings is 1. The number of halogens is 2. The smallest absolute Gasteiger partial charge is 0.335 e. The quantitative estimate of drug-likeness (QED) is 0.927. The average molecular weight is 312 g/mol. The summed E-state index contributed by atoms with van der Waals surface area (Å²) in [5, 5.41) is 2.48. The van der Waals surface area contributed by atoms with E-state index in [-0.39, 0.29) is 5.56 Å². The minimum Gasteiger partial charge on any atom is -0.430 e. The summed E-state index contributed by atoms with van der Waals surface area (Å²) in [7, 11) is 0. The number of nitrogens with one attached hydrogen (secondary N) is 1. The van der Waals surface area contributed by atoms with Crippen molar-refractivity contribution in [3.05, 3.63) is 62.9 Å². The Kier molecular flexibility index (Phi) is 3.57. The summed E-state index contributed by atoms with van der Waals surface area (Å²) in [6.45, 7) is 0. The van der Waals surface area contributed by atoms with Crippen molar-refractivity contribution in [1.29, 1.82) is 0 Å². The number of hydrogen-bond donors (Lipinski definition) is 1. The largest absolute Gasteiger partial charge is 0.430 e. The molecule has 0 aliphatic rings. The van der Waals surface area contributed by atoms with Gasteiger partial charge in [-0.3, -0.25) is 4.79 Å². The number of anilines is 1. The molecular formula is C12H7BrFNO3. The molecule has 0 atom stereocenters. The Hall–Kier alpha value is -1.95. The molecule has 1 N–H and O–H groups in total. The molecule has 2 rings (SSSR count). The zero-order valence-corrected chi connectivity index (χ0v) is 10.5. The second kappa shape index (κ2) is 5.14. The van der Waals surface area contributed by atoms with Gasteiger partial charge in [0, 0.05) is 11.8 Å². The Balaban J connectivity index is 2.18. The molecule has 0 aliphatic heterocycles. The van der Waals surface area contributed by atoms with Gasteiger partial charge in [0.25, 0.3) is 5.91 Å². The standard InChI is InChI=1S/C12H7BrFNO3/c13-9-3-2-8(5-10(9)14)15-12(17)7-1-4-11(16)18-6-7/h1-6H,(H,15,17). The molecule has 1 aromatic heterocycles. The fourth-order valence-corrected chi connectivity index (χ4v) is 1.51. The lowest BCUT2D eigenvalue weighted by Crippen LogP contribution is -2.13. The van der Waals surface area contributed by atoms with Crippen LogP contribution in [-0.2, 0) is 0 Å². The first-order chi connectivity index (χ1) is 8.56. The van der Waals surface area contributed by atoms with Crippen LogP contribution in [0.25, 0.3) is 0 Å². The highest BCUT2D eigenvalue weighted by Crippen LogP contribution is 2.19. The van der Waals surface area contributed by atoms with Crippen molar-refractivity contribution >= 4 is 27.5 Å². The Bertz CT molecular complexity index is 634. The highest BCUT2D eigenvalue weighted by atomic mass is 79.9. The Labute approximate surface area is 110 Å². The SMILES string of the molecule is O=C(Nc1ccc(Br)c(F)c1)c1ccc(=O)oc1. The van der Waals surface area contributed by atoms with Crippen molar-refractivity contribution in [3.63, 3.8) is 0 Å². The average Bonchev–Trinajstić information content (AvgIpc) is 2.34. The molecule has 0 saturated heterocycles. The topological polar surface area (TPSA) is 59.3 Å². The van der Waals surface area contributed by atoms with Gasteiger partial charge in [0.05, 0.1) is 10.0 Å². The summed E-state index contributed by atoms with van der Waals surface area (Å²) in [4.78, 5) is 22.4. The molecule has 0 unspecified atom stereocenters. The molecule has 0 spiro atoms. The Morgan fingerprint density at radius 2 is 2.06 bits per heavy atom. The highest BCUT2D eigenvalue weighted by Gasteiger charge is 2.08. The van der Waals surface area contributed by atoms with Crippen LogP contribution in [0.4, 0.5) is 10.1 Å². The van der Waals surface area contributed by atoms with E-state index in [1.807, 2.05) is 0 Å². The fraction of sp³-hybridized carbons (Fsp3) is 0. The van der Waals surface area contributed by atoms with E-state index in [4.69, 9.17) is 0 Å². The van der Waals surface area contributed by atoms with Crippen LogP contribution in [-0.4, -0.2) is 5.91 Å². The molecular weight excluding hydrogens is 305 g/mol. The van der Waals surface area contributed by atoms with E-state index in [1.54, 1.807) is 6.07 Å². The van der Waals surface area contributed by atoms with Crippen LogP contribution in [0.2, 0.25) is 0 Å². The maximum Gasteiger partial charge on any atom is 0.335 e. The van der Waals surface area contributed by atoms with Crippen molar-refractivity contribution in [2.75, 3.05) is 5.32 Å². The summed E-state index contributed by atoms with van der Waals surface area (Å²) in [6, 6.07) is 6.68. The number of carbonyl (C=O) groups excluding carboxylic acids is 1. The number of hydrogen-bond acceptors (Lipinski definition) is 3. The van der Waals surface area contributed by atoms with E-state index in [0.29, 0.717) is 10.2 Å². The van der Waals surface area contributed by atoms with Gasteiger partial charge in [-0.05, 0) is 40.2 Å². The summed E-state index contributed by atoms with van der Waals surface area (Å²) in [6.07, 6.45) is 1.05. The zero-order valence-electron chi connectivity index (χ0n) is 8.94. The van der Waals surface area contributed by atoms with Crippen LogP contribution in [0.15, 0.2) is 50.3 Å². The Morgan fingerprint density at radius 3 is 2.67 bits per heavy atom. The summed E-state index contributed by atoms with van der Waals surface area (Å²) >= 11 is 3.01. The number of amides is 1. The van der Waals surface area contributed by atoms with Crippen molar-refractivity contribution in [2.24, 2.45) is 0 Å². The van der Waals surface area contributed by atoms with Gasteiger partial charge in [-0.25, -0.2) is 9.18 Å². The van der Waals surface area contributed by atoms with Gasteiger partial charge in [-0.1, -0.05) is 0 Å². The van der Waals surface area contributed by atoms with Gasteiger partial charge in [0.2, 0.25) is 0 Å². The van der Waals surface area contributed by atoms with Crippen LogP contribution in [0, 0.1) is 5.82 Å². The molecule has 0 radical (unpaired) electrons. The maximum atomic E-state index is 13.2. The molecule has 0 saturated carbocycles. The van der Waals surface area contributed by atoms with E-state index in [0.717, 1.165) is 12.3 Å². The third-order valence-electron chi connectivity index (χ3n) is 2.14. The fourth-order valence-electron chi connectivity index (χ4n) is 1.26. The molecule has 1 aromatic carbocycles. The monoisotopic (exact) mass is 311 g/mol. The molecule has 18 heavy (non-hydrogen) atoms. The first kappa shape index (κ1) is 12.5. The first-order valence-corrected chi connectivity index (χ1v) is 5.71. The lowest BCUT2D eigenvalue weighted by molar-refractivity contribution is 0.102.